The lowest BCUT2D eigenvalue weighted by Crippen LogP contribution is -2.22. The smallest absolute Gasteiger partial charge is 0.274 e. The van der Waals surface area contributed by atoms with Crippen LogP contribution in [0.2, 0.25) is 5.02 Å². The molecule has 0 radical (unpaired) electrons. The molecule has 0 aliphatic heterocycles. The van der Waals surface area contributed by atoms with E-state index in [0.29, 0.717) is 46.6 Å². The van der Waals surface area contributed by atoms with Gasteiger partial charge in [0.15, 0.2) is 0 Å². The van der Waals surface area contributed by atoms with E-state index < -0.39 is 0 Å². The molecule has 3 aromatic rings. The molecule has 1 aromatic carbocycles. The first kappa shape index (κ1) is 22.4. The van der Waals surface area contributed by atoms with Gasteiger partial charge in [-0.05, 0) is 39.6 Å². The van der Waals surface area contributed by atoms with Gasteiger partial charge in [-0.3, -0.25) is 10.1 Å². The highest BCUT2D eigenvalue weighted by Crippen LogP contribution is 2.26. The van der Waals surface area contributed by atoms with Gasteiger partial charge in [-0.1, -0.05) is 23.7 Å². The van der Waals surface area contributed by atoms with Gasteiger partial charge in [-0.2, -0.15) is 15.0 Å². The third kappa shape index (κ3) is 5.68. The molecule has 2 aromatic heterocycles. The van der Waals surface area contributed by atoms with Crippen molar-refractivity contribution >= 4 is 41.0 Å². The van der Waals surface area contributed by atoms with Crippen LogP contribution in [0.25, 0.3) is 0 Å². The number of carbonyl (C=O) groups is 1. The maximum atomic E-state index is 12.8. The number of aromatic nitrogens is 5. The minimum absolute atomic E-state index is 0.322. The van der Waals surface area contributed by atoms with Crippen LogP contribution in [-0.4, -0.2) is 62.5 Å². The number of nitrogens with one attached hydrogen (secondary N) is 3. The summed E-state index contributed by atoms with van der Waals surface area (Å²) in [7, 11) is 5.72. The topological polar surface area (TPSA) is 113 Å². The number of hydrogen-bond acceptors (Lipinski definition) is 8. The molecule has 0 fully saturated rings. The summed E-state index contributed by atoms with van der Waals surface area (Å²) in [4.78, 5) is 32.1. The van der Waals surface area contributed by atoms with Crippen molar-refractivity contribution in [2.24, 2.45) is 7.05 Å². The van der Waals surface area contributed by atoms with E-state index in [0.717, 1.165) is 12.1 Å². The van der Waals surface area contributed by atoms with Crippen molar-refractivity contribution in [3.05, 3.63) is 46.5 Å². The van der Waals surface area contributed by atoms with Crippen LogP contribution < -0.4 is 16.0 Å². The van der Waals surface area contributed by atoms with E-state index >= 15 is 0 Å². The number of hydrogen-bond donors (Lipinski definition) is 3. The van der Waals surface area contributed by atoms with Gasteiger partial charge in [0, 0.05) is 20.1 Å². The van der Waals surface area contributed by atoms with Crippen LogP contribution in [0.3, 0.4) is 0 Å². The number of likely N-dealkylation sites (N-methyl/N-ethyl adjacent to an activating group) is 1. The lowest BCUT2D eigenvalue weighted by atomic mass is 10.2. The molecule has 11 heteroatoms. The second kappa shape index (κ2) is 9.71. The quantitative estimate of drug-likeness (QED) is 0.487. The van der Waals surface area contributed by atoms with Crippen LogP contribution in [-0.2, 0) is 7.05 Å². The third-order valence-electron chi connectivity index (χ3n) is 4.49. The predicted octanol–water partition coefficient (Wildman–Crippen LogP) is 2.84. The molecule has 10 nitrogen and oxygen atoms in total. The Morgan fingerprint density at radius 1 is 1.16 bits per heavy atom. The van der Waals surface area contributed by atoms with Gasteiger partial charge < -0.3 is 20.1 Å². The maximum absolute atomic E-state index is 12.8. The summed E-state index contributed by atoms with van der Waals surface area (Å²) >= 11 is 6.22. The average Bonchev–Trinajstić information content (AvgIpc) is 3.04. The van der Waals surface area contributed by atoms with E-state index in [1.165, 1.54) is 6.20 Å². The van der Waals surface area contributed by atoms with E-state index in [2.05, 4.69) is 40.8 Å². The van der Waals surface area contributed by atoms with E-state index in [4.69, 9.17) is 11.6 Å². The first-order valence-electron chi connectivity index (χ1n) is 9.71. The number of carbonyl (C=O) groups excluding carboxylic acids is 1. The zero-order chi connectivity index (χ0) is 22.5. The van der Waals surface area contributed by atoms with E-state index in [9.17, 15) is 4.79 Å². The fraction of sp³-hybridized carbons (Fsp3) is 0.350. The van der Waals surface area contributed by atoms with Gasteiger partial charge in [-0.15, -0.1) is 0 Å². The van der Waals surface area contributed by atoms with E-state index in [-0.39, 0.29) is 5.91 Å². The molecule has 0 unspecified atom stereocenters. The van der Waals surface area contributed by atoms with Gasteiger partial charge in [0.25, 0.3) is 5.91 Å². The summed E-state index contributed by atoms with van der Waals surface area (Å²) in [5.74, 6) is 1.47. The number of aryl methyl sites for hydroxylation is 2. The van der Waals surface area contributed by atoms with Crippen molar-refractivity contribution in [1.29, 1.82) is 0 Å². The Bertz CT molecular complexity index is 1060. The number of imidazole rings is 1. The van der Waals surface area contributed by atoms with E-state index in [1.807, 2.05) is 33.2 Å². The molecule has 0 aliphatic carbocycles. The van der Waals surface area contributed by atoms with Crippen LogP contribution in [0, 0.1) is 13.8 Å². The van der Waals surface area contributed by atoms with Crippen LogP contribution in [0.4, 0.5) is 23.5 Å². The molecule has 0 saturated heterocycles. The molecule has 0 spiro atoms. The number of nitrogens with zero attached hydrogens (tertiary/aromatic N) is 6. The van der Waals surface area contributed by atoms with Crippen molar-refractivity contribution in [3.8, 4) is 0 Å². The molecule has 0 bridgehead atoms. The highest BCUT2D eigenvalue weighted by Gasteiger charge is 2.17. The first-order chi connectivity index (χ1) is 14.7. The fourth-order valence-corrected chi connectivity index (χ4v) is 3.08. The lowest BCUT2D eigenvalue weighted by Gasteiger charge is -2.12. The van der Waals surface area contributed by atoms with Crippen LogP contribution in [0.1, 0.15) is 21.9 Å². The van der Waals surface area contributed by atoms with Crippen molar-refractivity contribution in [2.75, 3.05) is 43.1 Å². The minimum Gasteiger partial charge on any atom is -0.353 e. The Morgan fingerprint density at radius 3 is 2.61 bits per heavy atom. The zero-order valence-corrected chi connectivity index (χ0v) is 18.9. The zero-order valence-electron chi connectivity index (χ0n) is 18.2. The van der Waals surface area contributed by atoms with Crippen LogP contribution in [0.5, 0.6) is 0 Å². The lowest BCUT2D eigenvalue weighted by molar-refractivity contribution is 0.101. The normalized spacial score (nSPS) is 10.9. The highest BCUT2D eigenvalue weighted by molar-refractivity contribution is 6.34. The Kier molecular flexibility index (Phi) is 7.03. The highest BCUT2D eigenvalue weighted by atomic mass is 35.5. The number of para-hydroxylation sites is 1. The largest absolute Gasteiger partial charge is 0.353 e. The number of benzene rings is 1. The van der Waals surface area contributed by atoms with Gasteiger partial charge in [-0.25, -0.2) is 4.98 Å². The third-order valence-corrected chi connectivity index (χ3v) is 4.81. The van der Waals surface area contributed by atoms with Gasteiger partial charge in [0.05, 0.1) is 16.9 Å². The fourth-order valence-electron chi connectivity index (χ4n) is 2.81. The molecule has 3 N–H and O–H groups in total. The Hall–Kier alpha value is -3.24. The summed E-state index contributed by atoms with van der Waals surface area (Å²) in [6, 6.07) is 5.44. The molecule has 1 amide bonds. The standard InChI is InChI=1S/C20H26ClN9O/c1-12-7-6-8-14(21)16(12)26-17(31)15-11-23-20(30(15)5)28-19-25-13(2)24-18(27-19)22-9-10-29(3)4/h6-8,11H,9-10H2,1-5H3,(H,26,31)(H2,22,23,24,25,27,28). The Labute approximate surface area is 186 Å². The molecule has 2 heterocycles. The SMILES string of the molecule is Cc1nc(NCCN(C)C)nc(Nc2ncc(C(=O)Nc3c(C)cccc3Cl)n2C)n1. The van der Waals surface area contributed by atoms with Crippen molar-refractivity contribution in [2.45, 2.75) is 13.8 Å². The summed E-state index contributed by atoms with van der Waals surface area (Å²) in [5, 5.41) is 9.54. The maximum Gasteiger partial charge on any atom is 0.274 e. The average molecular weight is 444 g/mol. The molecule has 31 heavy (non-hydrogen) atoms. The second-order valence-corrected chi connectivity index (χ2v) is 7.70. The molecular formula is C20H26ClN9O. The number of amides is 1. The number of halogens is 1. The van der Waals surface area contributed by atoms with Crippen LogP contribution >= 0.6 is 11.6 Å². The number of rotatable bonds is 8. The van der Waals surface area contributed by atoms with Gasteiger partial charge in [0.1, 0.15) is 11.5 Å². The summed E-state index contributed by atoms with van der Waals surface area (Å²) in [6.45, 7) is 5.21. The molecular weight excluding hydrogens is 418 g/mol. The van der Waals surface area contributed by atoms with E-state index in [1.54, 1.807) is 24.6 Å². The molecule has 0 atom stereocenters. The van der Waals surface area contributed by atoms with Crippen molar-refractivity contribution in [1.82, 2.24) is 29.4 Å². The summed E-state index contributed by atoms with van der Waals surface area (Å²) < 4.78 is 1.62. The number of anilines is 4. The molecule has 0 aliphatic rings. The Morgan fingerprint density at radius 2 is 1.90 bits per heavy atom. The molecule has 3 rings (SSSR count). The van der Waals surface area contributed by atoms with Crippen LogP contribution in [0.15, 0.2) is 24.4 Å². The second-order valence-electron chi connectivity index (χ2n) is 7.30. The first-order valence-corrected chi connectivity index (χ1v) is 10.1. The summed E-state index contributed by atoms with van der Waals surface area (Å²) in [6.07, 6.45) is 1.48. The molecule has 164 valence electrons. The van der Waals surface area contributed by atoms with Crippen molar-refractivity contribution in [3.63, 3.8) is 0 Å². The van der Waals surface area contributed by atoms with Gasteiger partial charge in [0.2, 0.25) is 17.8 Å². The monoisotopic (exact) mass is 443 g/mol. The molecule has 0 saturated carbocycles. The van der Waals surface area contributed by atoms with Gasteiger partial charge >= 0.3 is 0 Å². The Balaban J connectivity index is 1.74. The summed E-state index contributed by atoms with van der Waals surface area (Å²) in [5.41, 5.74) is 1.81. The minimum atomic E-state index is -0.322. The predicted molar refractivity (Wildman–Crippen MR) is 122 cm³/mol. The van der Waals surface area contributed by atoms with Crippen molar-refractivity contribution < 1.29 is 4.79 Å².